The van der Waals surface area contributed by atoms with Gasteiger partial charge in [0.25, 0.3) is 0 Å². The fourth-order valence-corrected chi connectivity index (χ4v) is 2.37. The van der Waals surface area contributed by atoms with Crippen molar-refractivity contribution in [3.05, 3.63) is 48.1 Å². The summed E-state index contributed by atoms with van der Waals surface area (Å²) < 4.78 is 33.7. The summed E-state index contributed by atoms with van der Waals surface area (Å²) in [4.78, 5) is 8.48. The van der Waals surface area contributed by atoms with Crippen LogP contribution in [0.25, 0.3) is 0 Å². The van der Waals surface area contributed by atoms with Gasteiger partial charge in [-0.3, -0.25) is 4.99 Å². The molecule has 1 aromatic carbocycles. The van der Waals surface area contributed by atoms with E-state index >= 15 is 0 Å². The summed E-state index contributed by atoms with van der Waals surface area (Å²) in [6, 6.07) is 3.22. The highest BCUT2D eigenvalue weighted by Gasteiger charge is 2.07. The zero-order valence-electron chi connectivity index (χ0n) is 15.3. The Balaban J connectivity index is 1.75. The molecule has 0 saturated carbocycles. The maximum atomic E-state index is 13.5. The third-order valence-corrected chi connectivity index (χ3v) is 3.55. The Labute approximate surface area is 152 Å². The van der Waals surface area contributed by atoms with Crippen LogP contribution in [0.3, 0.4) is 0 Å². The first-order valence-electron chi connectivity index (χ1n) is 8.52. The average Bonchev–Trinajstić information content (AvgIpc) is 3.02. The molecule has 2 aromatic rings. The van der Waals surface area contributed by atoms with Crippen molar-refractivity contribution < 1.29 is 13.5 Å². The molecule has 0 bridgehead atoms. The van der Waals surface area contributed by atoms with Crippen LogP contribution in [0, 0.1) is 17.6 Å². The highest BCUT2D eigenvalue weighted by Crippen LogP contribution is 2.17. The molecule has 0 atom stereocenters. The van der Waals surface area contributed by atoms with Crippen LogP contribution in [0.5, 0.6) is 5.75 Å². The summed E-state index contributed by atoms with van der Waals surface area (Å²) >= 11 is 0. The Kier molecular flexibility index (Phi) is 7.37. The van der Waals surface area contributed by atoms with Crippen molar-refractivity contribution in [2.24, 2.45) is 10.9 Å². The summed E-state index contributed by atoms with van der Waals surface area (Å²) in [6.45, 7) is 6.37. The third kappa shape index (κ3) is 6.02. The molecule has 142 valence electrons. The normalized spacial score (nSPS) is 11.7. The van der Waals surface area contributed by atoms with Crippen LogP contribution in [-0.2, 0) is 13.1 Å². The molecule has 2 rings (SSSR count). The predicted molar refractivity (Wildman–Crippen MR) is 97.1 cm³/mol. The summed E-state index contributed by atoms with van der Waals surface area (Å²) in [5.74, 6) is 0.715. The number of nitrogens with zero attached hydrogens (tertiary/aromatic N) is 3. The number of halogens is 2. The molecular formula is C18H25F2N5O. The second-order valence-corrected chi connectivity index (χ2v) is 6.17. The molecule has 0 fully saturated rings. The van der Waals surface area contributed by atoms with Gasteiger partial charge in [0.1, 0.15) is 18.2 Å². The molecule has 0 aliphatic rings. The lowest BCUT2D eigenvalue weighted by atomic mass is 10.2. The second kappa shape index (κ2) is 9.74. The van der Waals surface area contributed by atoms with Gasteiger partial charge < -0.3 is 19.9 Å². The molecule has 1 aromatic heterocycles. The van der Waals surface area contributed by atoms with E-state index in [1.807, 2.05) is 6.20 Å². The van der Waals surface area contributed by atoms with Crippen molar-refractivity contribution in [3.63, 3.8) is 0 Å². The minimum Gasteiger partial charge on any atom is -0.489 e. The lowest BCUT2D eigenvalue weighted by Crippen LogP contribution is -2.39. The van der Waals surface area contributed by atoms with Crippen LogP contribution in [-0.4, -0.2) is 35.7 Å². The van der Waals surface area contributed by atoms with Gasteiger partial charge in [-0.1, -0.05) is 13.8 Å². The molecule has 6 nitrogen and oxygen atoms in total. The lowest BCUT2D eigenvalue weighted by Gasteiger charge is -2.14. The number of guanidine groups is 1. The van der Waals surface area contributed by atoms with Crippen molar-refractivity contribution in [1.29, 1.82) is 0 Å². The van der Waals surface area contributed by atoms with Crippen molar-refractivity contribution >= 4 is 5.96 Å². The summed E-state index contributed by atoms with van der Waals surface area (Å²) in [6.07, 6.45) is 3.74. The van der Waals surface area contributed by atoms with Gasteiger partial charge in [-0.15, -0.1) is 0 Å². The molecule has 0 saturated heterocycles. The fraction of sp³-hybridized carbons (Fsp3) is 0.444. The van der Waals surface area contributed by atoms with Gasteiger partial charge in [0, 0.05) is 32.1 Å². The van der Waals surface area contributed by atoms with Crippen molar-refractivity contribution in [3.8, 4) is 5.75 Å². The van der Waals surface area contributed by atoms with E-state index in [9.17, 15) is 8.78 Å². The number of aliphatic imine (C=N–C) groups is 1. The first kappa shape index (κ1) is 19.7. The molecule has 0 aliphatic heterocycles. The zero-order chi connectivity index (χ0) is 18.9. The van der Waals surface area contributed by atoms with Gasteiger partial charge >= 0.3 is 0 Å². The van der Waals surface area contributed by atoms with Crippen LogP contribution < -0.4 is 15.4 Å². The number of ether oxygens (including phenoxy) is 1. The van der Waals surface area contributed by atoms with E-state index in [0.717, 1.165) is 24.5 Å². The number of hydrogen-bond acceptors (Lipinski definition) is 3. The number of imidazole rings is 1. The molecule has 0 spiro atoms. The predicted octanol–water partition coefficient (Wildman–Crippen LogP) is 2.56. The van der Waals surface area contributed by atoms with Crippen molar-refractivity contribution in [2.45, 2.75) is 26.9 Å². The third-order valence-electron chi connectivity index (χ3n) is 3.55. The van der Waals surface area contributed by atoms with Crippen LogP contribution in [0.1, 0.15) is 19.7 Å². The minimum absolute atomic E-state index is 0.0202. The number of rotatable bonds is 8. The molecule has 0 amide bonds. The van der Waals surface area contributed by atoms with Crippen LogP contribution in [0.4, 0.5) is 8.78 Å². The van der Waals surface area contributed by atoms with E-state index in [2.05, 4.69) is 39.0 Å². The maximum absolute atomic E-state index is 13.5. The van der Waals surface area contributed by atoms with Crippen LogP contribution >= 0.6 is 0 Å². The number of aromatic nitrogens is 2. The maximum Gasteiger partial charge on any atom is 0.191 e. The van der Waals surface area contributed by atoms with E-state index in [4.69, 9.17) is 4.74 Å². The zero-order valence-corrected chi connectivity index (χ0v) is 15.3. The Morgan fingerprint density at radius 1 is 1.31 bits per heavy atom. The average molecular weight is 365 g/mol. The summed E-state index contributed by atoms with van der Waals surface area (Å²) in [7, 11) is 1.66. The topological polar surface area (TPSA) is 63.5 Å². The van der Waals surface area contributed by atoms with Gasteiger partial charge in [0.2, 0.25) is 0 Å². The molecule has 8 heteroatoms. The van der Waals surface area contributed by atoms with Gasteiger partial charge in [-0.2, -0.15) is 0 Å². The fourth-order valence-electron chi connectivity index (χ4n) is 2.37. The Morgan fingerprint density at radius 3 is 2.81 bits per heavy atom. The van der Waals surface area contributed by atoms with E-state index in [-0.39, 0.29) is 12.4 Å². The Bertz CT molecular complexity index is 730. The van der Waals surface area contributed by atoms with Crippen molar-refractivity contribution in [1.82, 2.24) is 20.2 Å². The van der Waals surface area contributed by atoms with E-state index in [1.165, 1.54) is 6.07 Å². The minimum atomic E-state index is -0.718. The highest BCUT2D eigenvalue weighted by atomic mass is 19.1. The number of benzene rings is 1. The SMILES string of the molecule is CN=C(NCCOc1ccc(F)cc1F)NCc1nccn1CC(C)C. The second-order valence-electron chi connectivity index (χ2n) is 6.17. The van der Waals surface area contributed by atoms with E-state index in [0.29, 0.717) is 25.0 Å². The largest absolute Gasteiger partial charge is 0.489 e. The van der Waals surface area contributed by atoms with Gasteiger partial charge in [0.15, 0.2) is 17.5 Å². The molecule has 26 heavy (non-hydrogen) atoms. The number of nitrogens with one attached hydrogen (secondary N) is 2. The Morgan fingerprint density at radius 2 is 2.12 bits per heavy atom. The highest BCUT2D eigenvalue weighted by molar-refractivity contribution is 5.79. The van der Waals surface area contributed by atoms with Crippen molar-refractivity contribution in [2.75, 3.05) is 20.2 Å². The first-order valence-corrected chi connectivity index (χ1v) is 8.52. The standard InChI is InChI=1S/C18H25F2N5O/c1-13(2)12-25-8-6-22-17(25)11-24-18(21-3)23-7-9-26-16-5-4-14(19)10-15(16)20/h4-6,8,10,13H,7,9,11-12H2,1-3H3,(H2,21,23,24). The quantitative estimate of drug-likeness (QED) is 0.429. The monoisotopic (exact) mass is 365 g/mol. The summed E-state index contributed by atoms with van der Waals surface area (Å²) in [5, 5.41) is 6.25. The molecule has 0 radical (unpaired) electrons. The van der Waals surface area contributed by atoms with E-state index < -0.39 is 11.6 Å². The molecule has 0 unspecified atom stereocenters. The molecule has 2 N–H and O–H groups in total. The molecule has 0 aliphatic carbocycles. The Hall–Kier alpha value is -2.64. The molecule has 1 heterocycles. The van der Waals surface area contributed by atoms with E-state index in [1.54, 1.807) is 13.2 Å². The van der Waals surface area contributed by atoms with Gasteiger partial charge in [-0.25, -0.2) is 13.8 Å². The smallest absolute Gasteiger partial charge is 0.191 e. The van der Waals surface area contributed by atoms with Crippen LogP contribution in [0.2, 0.25) is 0 Å². The van der Waals surface area contributed by atoms with Crippen LogP contribution in [0.15, 0.2) is 35.6 Å². The van der Waals surface area contributed by atoms with Gasteiger partial charge in [-0.05, 0) is 18.1 Å². The molecular weight excluding hydrogens is 340 g/mol. The lowest BCUT2D eigenvalue weighted by molar-refractivity contribution is 0.304. The number of hydrogen-bond donors (Lipinski definition) is 2. The summed E-state index contributed by atoms with van der Waals surface area (Å²) in [5.41, 5.74) is 0. The van der Waals surface area contributed by atoms with Gasteiger partial charge in [0.05, 0.1) is 13.1 Å². The first-order chi connectivity index (χ1) is 12.5.